The molecular formula is C14H27N5. The van der Waals surface area contributed by atoms with Gasteiger partial charge in [-0.25, -0.2) is 4.68 Å². The fourth-order valence-electron chi connectivity index (χ4n) is 2.94. The van der Waals surface area contributed by atoms with Gasteiger partial charge in [0.1, 0.15) is 0 Å². The summed E-state index contributed by atoms with van der Waals surface area (Å²) < 4.78 is 2.07. The van der Waals surface area contributed by atoms with Gasteiger partial charge in [0.15, 0.2) is 5.82 Å². The minimum Gasteiger partial charge on any atom is -0.307 e. The molecule has 4 unspecified atom stereocenters. The van der Waals surface area contributed by atoms with Crippen molar-refractivity contribution in [3.8, 4) is 0 Å². The van der Waals surface area contributed by atoms with Gasteiger partial charge in [0.25, 0.3) is 0 Å². The number of aromatic nitrogens is 4. The normalized spacial score (nSPS) is 29.4. The monoisotopic (exact) mass is 265 g/mol. The molecule has 0 aromatic carbocycles. The maximum absolute atomic E-state index is 4.24. The fourth-order valence-corrected chi connectivity index (χ4v) is 2.94. The van der Waals surface area contributed by atoms with E-state index in [2.05, 4.69) is 53.2 Å². The van der Waals surface area contributed by atoms with Gasteiger partial charge in [-0.05, 0) is 61.4 Å². The second kappa shape index (κ2) is 6.46. The number of nitrogens with zero attached hydrogens (tertiary/aromatic N) is 4. The second-order valence-corrected chi connectivity index (χ2v) is 6.08. The van der Waals surface area contributed by atoms with E-state index in [1.807, 2.05) is 0 Å². The van der Waals surface area contributed by atoms with Crippen molar-refractivity contribution in [1.29, 1.82) is 0 Å². The lowest BCUT2D eigenvalue weighted by Gasteiger charge is -2.32. The Bertz CT molecular complexity index is 389. The molecule has 1 saturated carbocycles. The third kappa shape index (κ3) is 3.32. The van der Waals surface area contributed by atoms with Gasteiger partial charge in [-0.15, -0.1) is 5.10 Å². The summed E-state index contributed by atoms with van der Waals surface area (Å²) in [5.41, 5.74) is 0. The average molecular weight is 265 g/mol. The molecule has 1 heterocycles. The van der Waals surface area contributed by atoms with Gasteiger partial charge < -0.3 is 5.32 Å². The van der Waals surface area contributed by atoms with Gasteiger partial charge in [-0.2, -0.15) is 0 Å². The van der Waals surface area contributed by atoms with Crippen molar-refractivity contribution in [2.75, 3.05) is 6.54 Å². The molecule has 2 rings (SSSR count). The van der Waals surface area contributed by atoms with E-state index >= 15 is 0 Å². The molecule has 0 amide bonds. The van der Waals surface area contributed by atoms with E-state index < -0.39 is 0 Å². The topological polar surface area (TPSA) is 55.6 Å². The first-order valence-electron chi connectivity index (χ1n) is 7.64. The molecule has 1 aromatic rings. The average Bonchev–Trinajstić information content (AvgIpc) is 2.88. The smallest absolute Gasteiger partial charge is 0.168 e. The van der Waals surface area contributed by atoms with E-state index in [0.29, 0.717) is 6.04 Å². The van der Waals surface area contributed by atoms with E-state index in [4.69, 9.17) is 0 Å². The van der Waals surface area contributed by atoms with Crippen LogP contribution in [0.5, 0.6) is 0 Å². The summed E-state index contributed by atoms with van der Waals surface area (Å²) in [7, 11) is 0. The van der Waals surface area contributed by atoms with E-state index in [-0.39, 0.29) is 6.04 Å². The Hall–Kier alpha value is -0.970. The minimum atomic E-state index is 0.226. The molecule has 1 N–H and O–H groups in total. The van der Waals surface area contributed by atoms with Crippen molar-refractivity contribution in [1.82, 2.24) is 25.5 Å². The predicted molar refractivity (Wildman–Crippen MR) is 75.7 cm³/mol. The SMILES string of the molecule is CCCNC(C)c1nnnn1C1CCC(C)C(C)C1. The van der Waals surface area contributed by atoms with Crippen molar-refractivity contribution in [2.24, 2.45) is 11.8 Å². The maximum atomic E-state index is 4.24. The van der Waals surface area contributed by atoms with Gasteiger partial charge in [0, 0.05) is 0 Å². The van der Waals surface area contributed by atoms with Crippen LogP contribution in [0, 0.1) is 11.8 Å². The first kappa shape index (κ1) is 14.4. The molecule has 19 heavy (non-hydrogen) atoms. The molecule has 5 nitrogen and oxygen atoms in total. The highest BCUT2D eigenvalue weighted by Gasteiger charge is 2.29. The van der Waals surface area contributed by atoms with Gasteiger partial charge in [0.2, 0.25) is 0 Å². The Morgan fingerprint density at radius 3 is 2.79 bits per heavy atom. The summed E-state index contributed by atoms with van der Waals surface area (Å²) >= 11 is 0. The maximum Gasteiger partial charge on any atom is 0.168 e. The summed E-state index contributed by atoms with van der Waals surface area (Å²) in [4.78, 5) is 0. The predicted octanol–water partition coefficient (Wildman–Crippen LogP) is 2.73. The van der Waals surface area contributed by atoms with Crippen LogP contribution in [0.3, 0.4) is 0 Å². The molecule has 0 bridgehead atoms. The van der Waals surface area contributed by atoms with E-state index in [9.17, 15) is 0 Å². The van der Waals surface area contributed by atoms with Crippen molar-refractivity contribution in [3.63, 3.8) is 0 Å². The first-order valence-corrected chi connectivity index (χ1v) is 7.64. The number of hydrogen-bond acceptors (Lipinski definition) is 4. The summed E-state index contributed by atoms with van der Waals surface area (Å²) in [6.07, 6.45) is 4.80. The van der Waals surface area contributed by atoms with Gasteiger partial charge >= 0.3 is 0 Å². The third-order valence-electron chi connectivity index (χ3n) is 4.52. The number of tetrazole rings is 1. The molecule has 0 spiro atoms. The molecule has 0 saturated heterocycles. The molecule has 1 aliphatic carbocycles. The van der Waals surface area contributed by atoms with Crippen LogP contribution in [0.1, 0.15) is 71.3 Å². The van der Waals surface area contributed by atoms with Crippen molar-refractivity contribution in [2.45, 2.75) is 65.5 Å². The Balaban J connectivity index is 2.06. The van der Waals surface area contributed by atoms with Gasteiger partial charge in [-0.1, -0.05) is 20.8 Å². The van der Waals surface area contributed by atoms with Crippen LogP contribution in [-0.2, 0) is 0 Å². The van der Waals surface area contributed by atoms with Gasteiger partial charge in [-0.3, -0.25) is 0 Å². The third-order valence-corrected chi connectivity index (χ3v) is 4.52. The molecule has 0 aliphatic heterocycles. The zero-order valence-corrected chi connectivity index (χ0v) is 12.6. The van der Waals surface area contributed by atoms with Crippen LogP contribution < -0.4 is 5.32 Å². The van der Waals surface area contributed by atoms with Crippen LogP contribution in [0.4, 0.5) is 0 Å². The second-order valence-electron chi connectivity index (χ2n) is 6.08. The van der Waals surface area contributed by atoms with Crippen LogP contribution in [0.2, 0.25) is 0 Å². The quantitative estimate of drug-likeness (QED) is 0.889. The highest BCUT2D eigenvalue weighted by molar-refractivity contribution is 4.93. The van der Waals surface area contributed by atoms with Gasteiger partial charge in [0.05, 0.1) is 12.1 Å². The summed E-state index contributed by atoms with van der Waals surface area (Å²) in [5, 5.41) is 15.8. The van der Waals surface area contributed by atoms with Crippen molar-refractivity contribution in [3.05, 3.63) is 5.82 Å². The lowest BCUT2D eigenvalue weighted by atomic mass is 9.79. The van der Waals surface area contributed by atoms with Crippen molar-refractivity contribution >= 4 is 0 Å². The molecule has 108 valence electrons. The van der Waals surface area contributed by atoms with Crippen LogP contribution in [-0.4, -0.2) is 26.8 Å². The Kier molecular flexibility index (Phi) is 4.91. The fraction of sp³-hybridized carbons (Fsp3) is 0.929. The Labute approximate surface area is 116 Å². The number of rotatable bonds is 5. The Morgan fingerprint density at radius 1 is 1.32 bits per heavy atom. The van der Waals surface area contributed by atoms with Crippen molar-refractivity contribution < 1.29 is 0 Å². The standard InChI is InChI=1S/C14H27N5/c1-5-8-15-12(4)14-16-17-18-19(14)13-7-6-10(2)11(3)9-13/h10-13,15H,5-9H2,1-4H3. The van der Waals surface area contributed by atoms with Crippen LogP contribution >= 0.6 is 0 Å². The summed E-state index contributed by atoms with van der Waals surface area (Å²) in [6.45, 7) is 10.0. The molecule has 1 fully saturated rings. The molecule has 1 aliphatic rings. The Morgan fingerprint density at radius 2 is 2.11 bits per heavy atom. The molecule has 1 aromatic heterocycles. The molecule has 4 atom stereocenters. The summed E-state index contributed by atoms with van der Waals surface area (Å²) in [5.74, 6) is 2.57. The highest BCUT2D eigenvalue weighted by Crippen LogP contribution is 2.36. The van der Waals surface area contributed by atoms with E-state index in [1.54, 1.807) is 0 Å². The van der Waals surface area contributed by atoms with Crippen LogP contribution in [0.15, 0.2) is 0 Å². The lowest BCUT2D eigenvalue weighted by Crippen LogP contribution is -2.28. The lowest BCUT2D eigenvalue weighted by molar-refractivity contribution is 0.194. The number of hydrogen-bond donors (Lipinski definition) is 1. The molecular weight excluding hydrogens is 238 g/mol. The minimum absolute atomic E-state index is 0.226. The highest BCUT2D eigenvalue weighted by atomic mass is 15.6. The number of nitrogens with one attached hydrogen (secondary N) is 1. The zero-order chi connectivity index (χ0) is 13.8. The van der Waals surface area contributed by atoms with E-state index in [1.165, 1.54) is 19.3 Å². The first-order chi connectivity index (χ1) is 9.13. The summed E-state index contributed by atoms with van der Waals surface area (Å²) in [6, 6.07) is 0.701. The zero-order valence-electron chi connectivity index (χ0n) is 12.6. The molecule has 5 heteroatoms. The molecule has 0 radical (unpaired) electrons. The van der Waals surface area contributed by atoms with E-state index in [0.717, 1.165) is 30.6 Å². The van der Waals surface area contributed by atoms with Crippen LogP contribution in [0.25, 0.3) is 0 Å². The largest absolute Gasteiger partial charge is 0.307 e.